The highest BCUT2D eigenvalue weighted by molar-refractivity contribution is 7.08. The third-order valence-electron chi connectivity index (χ3n) is 10.6. The fraction of sp³-hybridized carbons (Fsp3) is 0.366. The number of nitrogens with one attached hydrogen (secondary N) is 1. The summed E-state index contributed by atoms with van der Waals surface area (Å²) in [6, 6.07) is 23.6. The number of carbonyl (C=O) groups excluding carboxylic acids is 3. The summed E-state index contributed by atoms with van der Waals surface area (Å²) in [7, 11) is 0. The number of fused-ring (bicyclic) bond motifs is 3. The number of hydrogen-bond donors (Lipinski definition) is 2. The molecule has 1 saturated carbocycles. The molecule has 0 radical (unpaired) electrons. The summed E-state index contributed by atoms with van der Waals surface area (Å²) in [5.74, 6) is -1.25. The van der Waals surface area contributed by atoms with Crippen LogP contribution in [0.25, 0.3) is 11.1 Å². The minimum atomic E-state index is -1.06. The van der Waals surface area contributed by atoms with E-state index >= 15 is 0 Å². The molecule has 10 heteroatoms. The topological polar surface area (TPSA) is 116 Å². The summed E-state index contributed by atoms with van der Waals surface area (Å²) >= 11 is 1.50. The first kappa shape index (κ1) is 34.5. The standard InChI is InChI=1S/C41H43N3O6S/c45-38(29-20-22-51-26-29)44(24-28-9-2-1-3-10-28)30-18-16-27(17-19-30)23-36(39(46)43-21-8-15-37(43)40(47)48)42-41(49)50-25-35-33-13-6-4-11-31(33)32-12-5-7-14-34(32)35/h4-7,11-14,16-20,22,26,28,35-37H,1-3,8-10,15,21,23-25H2,(H,42,49)(H,47,48)/t36-,37?/m0/s1. The van der Waals surface area contributed by atoms with Crippen LogP contribution in [0.15, 0.2) is 89.6 Å². The number of nitrogens with zero attached hydrogens (tertiary/aromatic N) is 2. The van der Waals surface area contributed by atoms with Crippen LogP contribution in [0.1, 0.15) is 77.9 Å². The van der Waals surface area contributed by atoms with E-state index in [1.807, 2.05) is 82.4 Å². The highest BCUT2D eigenvalue weighted by Gasteiger charge is 2.38. The molecule has 2 heterocycles. The van der Waals surface area contributed by atoms with Crippen molar-refractivity contribution in [3.05, 3.63) is 112 Å². The van der Waals surface area contributed by atoms with Crippen LogP contribution in [0.3, 0.4) is 0 Å². The second-order valence-corrected chi connectivity index (χ2v) is 14.6. The molecule has 7 rings (SSSR count). The van der Waals surface area contributed by atoms with Crippen LogP contribution >= 0.6 is 11.3 Å². The number of alkyl carbamates (subject to hydrolysis) is 1. The maximum atomic E-state index is 13.9. The van der Waals surface area contributed by atoms with Gasteiger partial charge in [-0.25, -0.2) is 9.59 Å². The average Bonchev–Trinajstić information content (AvgIpc) is 3.94. The normalized spacial score (nSPS) is 17.7. The fourth-order valence-corrected chi connectivity index (χ4v) is 8.62. The number of ether oxygens (including phenoxy) is 1. The number of carboxylic acids is 1. The Bertz CT molecular complexity index is 1820. The molecule has 3 amide bonds. The number of rotatable bonds is 11. The summed E-state index contributed by atoms with van der Waals surface area (Å²) in [6.45, 7) is 1.04. The van der Waals surface area contributed by atoms with Gasteiger partial charge in [-0.1, -0.05) is 79.9 Å². The second-order valence-electron chi connectivity index (χ2n) is 13.9. The average molecular weight is 706 g/mol. The molecule has 2 atom stereocenters. The van der Waals surface area contributed by atoms with E-state index in [9.17, 15) is 24.3 Å². The number of benzene rings is 3. The summed E-state index contributed by atoms with van der Waals surface area (Å²) in [5.41, 5.74) is 6.59. The van der Waals surface area contributed by atoms with Crippen molar-refractivity contribution in [2.45, 2.75) is 69.4 Å². The van der Waals surface area contributed by atoms with Gasteiger partial charge in [0, 0.05) is 36.5 Å². The van der Waals surface area contributed by atoms with Gasteiger partial charge in [-0.05, 0) is 83.0 Å². The van der Waals surface area contributed by atoms with Gasteiger partial charge in [-0.2, -0.15) is 11.3 Å². The van der Waals surface area contributed by atoms with Crippen LogP contribution in [-0.2, 0) is 20.7 Å². The first-order valence-corrected chi connectivity index (χ1v) is 18.9. The highest BCUT2D eigenvalue weighted by Crippen LogP contribution is 2.44. The van der Waals surface area contributed by atoms with E-state index in [0.717, 1.165) is 46.3 Å². The molecule has 1 aliphatic heterocycles. The first-order valence-electron chi connectivity index (χ1n) is 17.9. The van der Waals surface area contributed by atoms with Gasteiger partial charge in [0.25, 0.3) is 5.91 Å². The van der Waals surface area contributed by atoms with E-state index < -0.39 is 30.1 Å². The summed E-state index contributed by atoms with van der Waals surface area (Å²) in [5, 5.41) is 16.4. The van der Waals surface area contributed by atoms with Crippen molar-refractivity contribution < 1.29 is 29.0 Å². The largest absolute Gasteiger partial charge is 0.480 e. The zero-order chi connectivity index (χ0) is 35.3. The lowest BCUT2D eigenvalue weighted by molar-refractivity contribution is -0.148. The number of anilines is 1. The molecule has 2 aliphatic carbocycles. The van der Waals surface area contributed by atoms with Crippen LogP contribution in [-0.4, -0.2) is 65.7 Å². The molecule has 3 aromatic carbocycles. The Labute approximate surface area is 302 Å². The molecule has 264 valence electrons. The lowest BCUT2D eigenvalue weighted by Crippen LogP contribution is -2.52. The third kappa shape index (κ3) is 7.56. The van der Waals surface area contributed by atoms with E-state index in [4.69, 9.17) is 4.74 Å². The molecule has 2 N–H and O–H groups in total. The van der Waals surface area contributed by atoms with Crippen LogP contribution in [0.2, 0.25) is 0 Å². The van der Waals surface area contributed by atoms with E-state index in [0.29, 0.717) is 37.4 Å². The molecule has 2 fully saturated rings. The third-order valence-corrected chi connectivity index (χ3v) is 11.3. The zero-order valence-electron chi connectivity index (χ0n) is 28.5. The number of aliphatic carboxylic acids is 1. The molecule has 1 saturated heterocycles. The van der Waals surface area contributed by atoms with Crippen LogP contribution in [0.4, 0.5) is 10.5 Å². The lowest BCUT2D eigenvalue weighted by atomic mass is 9.88. The van der Waals surface area contributed by atoms with Crippen molar-refractivity contribution in [1.82, 2.24) is 10.2 Å². The lowest BCUT2D eigenvalue weighted by Gasteiger charge is -2.30. The molecule has 3 aliphatic rings. The molecular formula is C41H43N3O6S. The van der Waals surface area contributed by atoms with Crippen LogP contribution in [0.5, 0.6) is 0 Å². The summed E-state index contributed by atoms with van der Waals surface area (Å²) in [6.07, 6.45) is 6.12. The number of hydrogen-bond acceptors (Lipinski definition) is 6. The van der Waals surface area contributed by atoms with Gasteiger partial charge in [0.05, 0.1) is 5.56 Å². The van der Waals surface area contributed by atoms with Crippen molar-refractivity contribution in [2.75, 3.05) is 24.6 Å². The number of carboxylic acid groups (broad SMARTS) is 1. The predicted octanol–water partition coefficient (Wildman–Crippen LogP) is 7.50. The SMILES string of the molecule is O=C(N[C@@H](Cc1ccc(N(CC2CCCCC2)C(=O)c2ccsc2)cc1)C(=O)N1CCCC1C(=O)O)OCC1c2ccccc2-c2ccccc21. The van der Waals surface area contributed by atoms with E-state index in [-0.39, 0.29) is 24.9 Å². The Balaban J connectivity index is 1.08. The number of amides is 3. The van der Waals surface area contributed by atoms with Crippen molar-refractivity contribution in [3.8, 4) is 11.1 Å². The number of thiophene rings is 1. The van der Waals surface area contributed by atoms with E-state index in [2.05, 4.69) is 17.4 Å². The van der Waals surface area contributed by atoms with Gasteiger partial charge in [0.2, 0.25) is 5.91 Å². The molecule has 1 unspecified atom stereocenters. The zero-order valence-corrected chi connectivity index (χ0v) is 29.4. The smallest absolute Gasteiger partial charge is 0.407 e. The van der Waals surface area contributed by atoms with Gasteiger partial charge in [-0.15, -0.1) is 0 Å². The highest BCUT2D eigenvalue weighted by atomic mass is 32.1. The molecular weight excluding hydrogens is 663 g/mol. The maximum absolute atomic E-state index is 13.9. The van der Waals surface area contributed by atoms with Gasteiger partial charge in [0.1, 0.15) is 18.7 Å². The Morgan fingerprint density at radius 3 is 2.20 bits per heavy atom. The van der Waals surface area contributed by atoms with E-state index in [1.165, 1.54) is 35.5 Å². The summed E-state index contributed by atoms with van der Waals surface area (Å²) < 4.78 is 5.80. The molecule has 1 aromatic heterocycles. The fourth-order valence-electron chi connectivity index (χ4n) is 7.99. The Kier molecular flexibility index (Phi) is 10.5. The molecule has 4 aromatic rings. The van der Waals surface area contributed by atoms with Crippen molar-refractivity contribution in [3.63, 3.8) is 0 Å². The van der Waals surface area contributed by atoms with Crippen LogP contribution < -0.4 is 10.2 Å². The molecule has 0 spiro atoms. The van der Waals surface area contributed by atoms with Gasteiger partial charge < -0.3 is 25.0 Å². The Hall–Kier alpha value is -4.96. The van der Waals surface area contributed by atoms with Crippen molar-refractivity contribution >= 4 is 40.9 Å². The quantitative estimate of drug-likeness (QED) is 0.167. The molecule has 0 bridgehead atoms. The predicted molar refractivity (Wildman–Crippen MR) is 197 cm³/mol. The van der Waals surface area contributed by atoms with Crippen molar-refractivity contribution in [1.29, 1.82) is 0 Å². The number of likely N-dealkylation sites (tertiary alicyclic amines) is 1. The second kappa shape index (κ2) is 15.5. The monoisotopic (exact) mass is 705 g/mol. The first-order chi connectivity index (χ1) is 24.9. The minimum Gasteiger partial charge on any atom is -0.480 e. The molecule has 51 heavy (non-hydrogen) atoms. The number of carbonyl (C=O) groups is 4. The Morgan fingerprint density at radius 1 is 0.863 bits per heavy atom. The van der Waals surface area contributed by atoms with Crippen molar-refractivity contribution in [2.24, 2.45) is 5.92 Å². The minimum absolute atomic E-state index is 0.0340. The Morgan fingerprint density at radius 2 is 1.55 bits per heavy atom. The van der Waals surface area contributed by atoms with Gasteiger partial charge >= 0.3 is 12.1 Å². The van der Waals surface area contributed by atoms with Gasteiger partial charge in [0.15, 0.2) is 0 Å². The molecule has 9 nitrogen and oxygen atoms in total. The van der Waals surface area contributed by atoms with Gasteiger partial charge in [-0.3, -0.25) is 9.59 Å². The summed E-state index contributed by atoms with van der Waals surface area (Å²) in [4.78, 5) is 56.3. The van der Waals surface area contributed by atoms with Crippen LogP contribution in [0, 0.1) is 5.92 Å². The maximum Gasteiger partial charge on any atom is 0.407 e. The van der Waals surface area contributed by atoms with E-state index in [1.54, 1.807) is 0 Å².